The van der Waals surface area contributed by atoms with Crippen molar-refractivity contribution in [3.05, 3.63) is 12.7 Å². The lowest BCUT2D eigenvalue weighted by atomic mass is 10.5. The summed E-state index contributed by atoms with van der Waals surface area (Å²) in [5.41, 5.74) is 0.115. The zero-order valence-corrected chi connectivity index (χ0v) is 29.8. The lowest BCUT2D eigenvalue weighted by molar-refractivity contribution is -0.131. The average Bonchev–Trinajstić information content (AvgIpc) is 2.46. The van der Waals surface area contributed by atoms with Crippen LogP contribution >= 0.6 is 0 Å². The van der Waals surface area contributed by atoms with E-state index in [-0.39, 0.29) is 11.1 Å². The minimum Gasteiger partial charge on any atom is -0.491 e. The molecular formula is C20H50O7Si6. The van der Waals surface area contributed by atoms with Crippen LogP contribution in [0, 0.1) is 0 Å². The SMILES string of the molecule is C=CC(=O)O[Si](O[Si](C)(C)O[Si](C)(C)O[Si](C)(C)O[Si](C)(C)O[Si](C)(C)C)(C(C)C)C(C)C. The van der Waals surface area contributed by atoms with Crippen molar-refractivity contribution in [3.63, 3.8) is 0 Å². The number of carbonyl (C=O) groups excluding carboxylic acids is 1. The molecule has 0 aromatic rings. The first-order valence-corrected chi connectivity index (χ1v) is 28.4. The van der Waals surface area contributed by atoms with Crippen molar-refractivity contribution in [2.45, 2.75) is 111 Å². The Morgan fingerprint density at radius 2 is 0.909 bits per heavy atom. The van der Waals surface area contributed by atoms with Gasteiger partial charge in [0.1, 0.15) is 0 Å². The molecule has 0 spiro atoms. The molecule has 0 amide bonds. The zero-order chi connectivity index (χ0) is 26.7. The maximum Gasteiger partial charge on any atom is 0.398 e. The molecule has 0 heterocycles. The highest BCUT2D eigenvalue weighted by Crippen LogP contribution is 2.38. The quantitative estimate of drug-likeness (QED) is 0.170. The second-order valence-corrected chi connectivity index (χ2v) is 35.3. The van der Waals surface area contributed by atoms with Crippen molar-refractivity contribution < 1.29 is 29.8 Å². The van der Waals surface area contributed by atoms with E-state index in [1.807, 2.05) is 53.9 Å². The minimum absolute atomic E-state index is 0.0575. The molecule has 0 unspecified atom stereocenters. The maximum atomic E-state index is 12.2. The Hall–Kier alpha value is 0.311. The van der Waals surface area contributed by atoms with Crippen LogP contribution in [0.2, 0.25) is 83.1 Å². The van der Waals surface area contributed by atoms with Gasteiger partial charge < -0.3 is 25.0 Å². The summed E-state index contributed by atoms with van der Waals surface area (Å²) in [6.45, 7) is 34.6. The third-order valence-electron chi connectivity index (χ3n) is 4.47. The van der Waals surface area contributed by atoms with Crippen molar-refractivity contribution in [2.24, 2.45) is 0 Å². The summed E-state index contributed by atoms with van der Waals surface area (Å²) in [5.74, 6) is -0.446. The Labute approximate surface area is 209 Å². The Balaban J connectivity index is 5.66. The first kappa shape index (κ1) is 33.3. The van der Waals surface area contributed by atoms with Gasteiger partial charge in [-0.1, -0.05) is 34.3 Å². The molecule has 0 saturated carbocycles. The van der Waals surface area contributed by atoms with Gasteiger partial charge >= 0.3 is 48.8 Å². The lowest BCUT2D eigenvalue weighted by Gasteiger charge is -2.45. The smallest absolute Gasteiger partial charge is 0.398 e. The van der Waals surface area contributed by atoms with Crippen molar-refractivity contribution in [1.82, 2.24) is 0 Å². The van der Waals surface area contributed by atoms with E-state index in [2.05, 4.69) is 52.4 Å². The van der Waals surface area contributed by atoms with Crippen LogP contribution in [-0.4, -0.2) is 57.1 Å². The van der Waals surface area contributed by atoms with Gasteiger partial charge in [0, 0.05) is 17.2 Å². The van der Waals surface area contributed by atoms with E-state index in [4.69, 9.17) is 25.0 Å². The van der Waals surface area contributed by atoms with Crippen molar-refractivity contribution in [3.8, 4) is 0 Å². The van der Waals surface area contributed by atoms with Crippen LogP contribution in [0.1, 0.15) is 27.7 Å². The highest BCUT2D eigenvalue weighted by molar-refractivity contribution is 6.91. The second kappa shape index (κ2) is 11.6. The van der Waals surface area contributed by atoms with Crippen LogP contribution in [0.25, 0.3) is 0 Å². The largest absolute Gasteiger partial charge is 0.491 e. The van der Waals surface area contributed by atoms with Gasteiger partial charge in [-0.3, -0.25) is 0 Å². The van der Waals surface area contributed by atoms with E-state index >= 15 is 0 Å². The predicted octanol–water partition coefficient (Wildman–Crippen LogP) is 6.70. The molecule has 0 aliphatic heterocycles. The van der Waals surface area contributed by atoms with Crippen LogP contribution in [0.15, 0.2) is 12.7 Å². The summed E-state index contributed by atoms with van der Waals surface area (Å²) in [4.78, 5) is 12.2. The Bertz CT molecular complexity index is 664. The molecule has 0 atom stereocenters. The van der Waals surface area contributed by atoms with Crippen LogP contribution in [0.5, 0.6) is 0 Å². The number of hydrogen-bond donors (Lipinski definition) is 0. The highest BCUT2D eigenvalue weighted by atomic mass is 28.5. The van der Waals surface area contributed by atoms with Gasteiger partial charge in [0.05, 0.1) is 0 Å². The van der Waals surface area contributed by atoms with Gasteiger partial charge in [0.15, 0.2) is 8.32 Å². The summed E-state index contributed by atoms with van der Waals surface area (Å²) in [7, 11) is -14.9. The summed E-state index contributed by atoms with van der Waals surface area (Å²) >= 11 is 0. The fourth-order valence-electron chi connectivity index (χ4n) is 4.34. The van der Waals surface area contributed by atoms with Gasteiger partial charge in [-0.15, -0.1) is 0 Å². The van der Waals surface area contributed by atoms with Gasteiger partial charge in [-0.05, 0) is 72.0 Å². The average molecular weight is 571 g/mol. The molecule has 0 fully saturated rings. The fourth-order valence-corrected chi connectivity index (χ4v) is 33.9. The number of carbonyl (C=O) groups is 1. The first-order valence-electron chi connectivity index (χ1n) is 11.7. The summed E-state index contributed by atoms with van der Waals surface area (Å²) in [6, 6.07) is 0. The highest BCUT2D eigenvalue weighted by Gasteiger charge is 2.54. The maximum absolute atomic E-state index is 12.2. The molecule has 0 saturated heterocycles. The third-order valence-corrected chi connectivity index (χ3v) is 27.7. The minimum atomic E-state index is -2.94. The molecule has 0 aliphatic carbocycles. The van der Waals surface area contributed by atoms with Crippen molar-refractivity contribution in [2.75, 3.05) is 0 Å². The third kappa shape index (κ3) is 12.2. The molecule has 196 valence electrons. The molecule has 0 aliphatic rings. The monoisotopic (exact) mass is 570 g/mol. The summed E-state index contributed by atoms with van der Waals surface area (Å²) < 4.78 is 38.8. The van der Waals surface area contributed by atoms with Crippen molar-refractivity contribution in [1.29, 1.82) is 0 Å². The Morgan fingerprint density at radius 3 is 1.18 bits per heavy atom. The first-order chi connectivity index (χ1) is 14.4. The Kier molecular flexibility index (Phi) is 11.7. The topological polar surface area (TPSA) is 72.5 Å². The van der Waals surface area contributed by atoms with Crippen LogP contribution in [-0.2, 0) is 29.8 Å². The molecule has 13 heteroatoms. The van der Waals surface area contributed by atoms with Gasteiger partial charge in [0.25, 0.3) is 0 Å². The van der Waals surface area contributed by atoms with E-state index in [0.29, 0.717) is 0 Å². The fraction of sp³-hybridized carbons (Fsp3) is 0.850. The molecule has 0 bridgehead atoms. The molecule has 0 aromatic heterocycles. The van der Waals surface area contributed by atoms with E-state index in [1.165, 1.54) is 6.08 Å². The standard InChI is InChI=1S/C20H50O7Si6/c1-17-20(21)22-33(18(2)3,19(4)5)27-32(15,16)26-31(13,14)25-30(11,12)24-29(9,10)23-28(6,7)8/h17-19H,1H2,2-16H3. The summed E-state index contributed by atoms with van der Waals surface area (Å²) in [6.07, 6.45) is 1.20. The summed E-state index contributed by atoms with van der Waals surface area (Å²) in [5, 5.41) is 0. The number of hydrogen-bond acceptors (Lipinski definition) is 7. The molecular weight excluding hydrogens is 521 g/mol. The van der Waals surface area contributed by atoms with Crippen LogP contribution in [0.3, 0.4) is 0 Å². The van der Waals surface area contributed by atoms with Gasteiger partial charge in [0.2, 0.25) is 0 Å². The van der Waals surface area contributed by atoms with E-state index < -0.39 is 57.1 Å². The van der Waals surface area contributed by atoms with Gasteiger partial charge in [-0.25, -0.2) is 4.79 Å². The van der Waals surface area contributed by atoms with Crippen LogP contribution in [0.4, 0.5) is 0 Å². The van der Waals surface area contributed by atoms with E-state index in [1.54, 1.807) is 0 Å². The molecule has 7 nitrogen and oxygen atoms in total. The Morgan fingerprint density at radius 1 is 0.606 bits per heavy atom. The van der Waals surface area contributed by atoms with Gasteiger partial charge in [-0.2, -0.15) is 0 Å². The molecule has 0 N–H and O–H groups in total. The molecule has 0 radical (unpaired) electrons. The van der Waals surface area contributed by atoms with Crippen molar-refractivity contribution >= 4 is 57.1 Å². The molecule has 33 heavy (non-hydrogen) atoms. The number of rotatable bonds is 14. The van der Waals surface area contributed by atoms with E-state index in [9.17, 15) is 4.79 Å². The van der Waals surface area contributed by atoms with E-state index in [0.717, 1.165) is 0 Å². The van der Waals surface area contributed by atoms with Crippen LogP contribution < -0.4 is 0 Å². The second-order valence-electron chi connectivity index (χ2n) is 11.9. The molecule has 0 aromatic carbocycles. The lowest BCUT2D eigenvalue weighted by Crippen LogP contribution is -2.62. The predicted molar refractivity (Wildman–Crippen MR) is 151 cm³/mol. The normalized spacial score (nSPS) is 14.7. The zero-order valence-electron chi connectivity index (χ0n) is 23.8. The molecule has 0 rings (SSSR count).